The minimum atomic E-state index is -1.48. The molecule has 0 aliphatic heterocycles. The molecule has 0 aromatic rings. The van der Waals surface area contributed by atoms with Crippen molar-refractivity contribution in [1.29, 1.82) is 0 Å². The van der Waals surface area contributed by atoms with E-state index >= 15 is 0 Å². The first-order valence-corrected chi connectivity index (χ1v) is 9.33. The maximum atomic E-state index is 11.4. The summed E-state index contributed by atoms with van der Waals surface area (Å²) in [6.45, 7) is 4.16. The van der Waals surface area contributed by atoms with E-state index in [9.17, 15) is 19.2 Å². The fourth-order valence-electron chi connectivity index (χ4n) is 2.14. The number of hydrogen-bond acceptors (Lipinski definition) is 8. The van der Waals surface area contributed by atoms with Gasteiger partial charge in [0, 0.05) is 12.8 Å². The summed E-state index contributed by atoms with van der Waals surface area (Å²) in [5, 5.41) is 0. The number of carbonyl (C=O) groups is 4. The summed E-state index contributed by atoms with van der Waals surface area (Å²) >= 11 is 0. The normalized spacial score (nSPS) is 10.1. The molecule has 0 unspecified atom stereocenters. The Morgan fingerprint density at radius 2 is 0.885 bits per heavy atom. The summed E-state index contributed by atoms with van der Waals surface area (Å²) in [6.07, 6.45) is 6.48. The molecule has 8 heteroatoms. The third-order valence-electron chi connectivity index (χ3n) is 3.54. The molecule has 0 aliphatic carbocycles. The lowest BCUT2D eigenvalue weighted by Gasteiger charge is -2.04. The first-order valence-electron chi connectivity index (χ1n) is 9.33. The molecule has 0 spiro atoms. The Labute approximate surface area is 154 Å². The predicted octanol–water partition coefficient (Wildman–Crippen LogP) is 4.98. The van der Waals surface area contributed by atoms with Crippen LogP contribution in [0.25, 0.3) is 0 Å². The van der Waals surface area contributed by atoms with Crippen molar-refractivity contribution in [1.82, 2.24) is 0 Å². The Bertz CT molecular complexity index is 393. The summed E-state index contributed by atoms with van der Waals surface area (Å²) in [7, 11) is 0. The van der Waals surface area contributed by atoms with Crippen LogP contribution in [0.5, 0.6) is 0 Å². The molecule has 0 saturated carbocycles. The van der Waals surface area contributed by atoms with E-state index < -0.39 is 24.2 Å². The SMILES string of the molecule is CCCCCCCC(=O)OC(=O)OOC(=O)OC(=O)CCCCCCC. The highest BCUT2D eigenvalue weighted by Gasteiger charge is 2.18. The highest BCUT2D eigenvalue weighted by molar-refractivity contribution is 5.83. The van der Waals surface area contributed by atoms with Crippen LogP contribution in [0.15, 0.2) is 0 Å². The molecular formula is C18H30O8. The van der Waals surface area contributed by atoms with Crippen LogP contribution in [0.3, 0.4) is 0 Å². The largest absolute Gasteiger partial charge is 0.558 e. The summed E-state index contributed by atoms with van der Waals surface area (Å²) in [5.74, 6) is -1.54. The average Bonchev–Trinajstić information content (AvgIpc) is 2.59. The second-order valence-electron chi connectivity index (χ2n) is 5.94. The van der Waals surface area contributed by atoms with Gasteiger partial charge in [0.25, 0.3) is 0 Å². The highest BCUT2D eigenvalue weighted by Crippen LogP contribution is 2.07. The summed E-state index contributed by atoms with van der Waals surface area (Å²) in [4.78, 5) is 53.0. The van der Waals surface area contributed by atoms with Gasteiger partial charge in [0.05, 0.1) is 0 Å². The number of ether oxygens (including phenoxy) is 2. The maximum absolute atomic E-state index is 11.4. The number of rotatable bonds is 12. The van der Waals surface area contributed by atoms with Crippen LogP contribution >= 0.6 is 0 Å². The first kappa shape index (κ1) is 23.9. The van der Waals surface area contributed by atoms with Gasteiger partial charge in [0.1, 0.15) is 0 Å². The van der Waals surface area contributed by atoms with E-state index in [2.05, 4.69) is 33.1 Å². The number of esters is 2. The van der Waals surface area contributed by atoms with Crippen LogP contribution in [0.1, 0.15) is 90.9 Å². The van der Waals surface area contributed by atoms with Gasteiger partial charge in [-0.1, -0.05) is 65.2 Å². The van der Waals surface area contributed by atoms with Crippen molar-refractivity contribution in [3.05, 3.63) is 0 Å². The second kappa shape index (κ2) is 16.4. The smallest absolute Gasteiger partial charge is 0.358 e. The molecule has 0 aliphatic rings. The Hall–Kier alpha value is -2.12. The fourth-order valence-corrected chi connectivity index (χ4v) is 2.14. The Kier molecular flexibility index (Phi) is 15.0. The molecule has 0 N–H and O–H groups in total. The highest BCUT2D eigenvalue weighted by atomic mass is 17.3. The van der Waals surface area contributed by atoms with Crippen molar-refractivity contribution in [2.45, 2.75) is 90.9 Å². The van der Waals surface area contributed by atoms with E-state index in [1.165, 1.54) is 0 Å². The molecule has 0 radical (unpaired) electrons. The van der Waals surface area contributed by atoms with Gasteiger partial charge in [0.2, 0.25) is 0 Å². The molecule has 0 rings (SSSR count). The van der Waals surface area contributed by atoms with Crippen LogP contribution in [0.2, 0.25) is 0 Å². The fraction of sp³-hybridized carbons (Fsp3) is 0.778. The Balaban J connectivity index is 3.72. The molecule has 26 heavy (non-hydrogen) atoms. The third kappa shape index (κ3) is 15.4. The lowest BCUT2D eigenvalue weighted by molar-refractivity contribution is -0.218. The molecule has 0 amide bonds. The zero-order valence-corrected chi connectivity index (χ0v) is 15.8. The molecule has 8 nitrogen and oxygen atoms in total. The van der Waals surface area contributed by atoms with E-state index in [0.29, 0.717) is 12.8 Å². The number of carbonyl (C=O) groups excluding carboxylic acids is 4. The number of unbranched alkanes of at least 4 members (excludes halogenated alkanes) is 8. The van der Waals surface area contributed by atoms with E-state index in [4.69, 9.17) is 0 Å². The molecule has 0 fully saturated rings. The zero-order chi connectivity index (χ0) is 19.6. The Morgan fingerprint density at radius 3 is 1.23 bits per heavy atom. The van der Waals surface area contributed by atoms with Gasteiger partial charge in [-0.2, -0.15) is 19.4 Å². The Morgan fingerprint density at radius 1 is 0.538 bits per heavy atom. The monoisotopic (exact) mass is 374 g/mol. The van der Waals surface area contributed by atoms with Crippen molar-refractivity contribution >= 4 is 24.2 Å². The van der Waals surface area contributed by atoms with Crippen LogP contribution in [0.4, 0.5) is 9.59 Å². The second-order valence-corrected chi connectivity index (χ2v) is 5.94. The van der Waals surface area contributed by atoms with E-state index in [1.807, 2.05) is 0 Å². The van der Waals surface area contributed by atoms with Crippen molar-refractivity contribution in [2.75, 3.05) is 0 Å². The molecule has 0 heterocycles. The van der Waals surface area contributed by atoms with Gasteiger partial charge < -0.3 is 9.47 Å². The zero-order valence-electron chi connectivity index (χ0n) is 15.8. The van der Waals surface area contributed by atoms with Gasteiger partial charge in [-0.25, -0.2) is 0 Å². The van der Waals surface area contributed by atoms with Gasteiger partial charge in [-0.05, 0) is 12.8 Å². The van der Waals surface area contributed by atoms with Crippen LogP contribution in [-0.2, 0) is 28.8 Å². The lowest BCUT2D eigenvalue weighted by atomic mass is 10.1. The third-order valence-corrected chi connectivity index (χ3v) is 3.54. The molecular weight excluding hydrogens is 344 g/mol. The summed E-state index contributed by atoms with van der Waals surface area (Å²) in [5.41, 5.74) is 0. The first-order chi connectivity index (χ1) is 12.5. The van der Waals surface area contributed by atoms with Gasteiger partial charge in [-0.3, -0.25) is 9.59 Å². The van der Waals surface area contributed by atoms with Gasteiger partial charge in [-0.15, -0.1) is 0 Å². The minimum absolute atomic E-state index is 0.0692. The van der Waals surface area contributed by atoms with Gasteiger partial charge >= 0.3 is 24.2 Å². The van der Waals surface area contributed by atoms with Crippen LogP contribution in [-0.4, -0.2) is 24.2 Å². The molecule has 0 atom stereocenters. The average molecular weight is 374 g/mol. The standard InChI is InChI=1S/C18H30O8/c1-3-5-7-9-11-13-15(19)23-17(21)25-26-18(22)24-16(20)14-12-10-8-6-4-2/h3-14H2,1-2H3. The van der Waals surface area contributed by atoms with E-state index in [-0.39, 0.29) is 12.8 Å². The van der Waals surface area contributed by atoms with Crippen molar-refractivity contribution < 1.29 is 38.4 Å². The molecule has 0 aromatic heterocycles. The van der Waals surface area contributed by atoms with Gasteiger partial charge in [0.15, 0.2) is 0 Å². The van der Waals surface area contributed by atoms with Crippen LogP contribution < -0.4 is 0 Å². The predicted molar refractivity (Wildman–Crippen MR) is 91.9 cm³/mol. The van der Waals surface area contributed by atoms with Crippen molar-refractivity contribution in [3.63, 3.8) is 0 Å². The lowest BCUT2D eigenvalue weighted by Crippen LogP contribution is -2.19. The van der Waals surface area contributed by atoms with Crippen molar-refractivity contribution in [3.8, 4) is 0 Å². The molecule has 0 saturated heterocycles. The van der Waals surface area contributed by atoms with E-state index in [1.54, 1.807) is 0 Å². The van der Waals surface area contributed by atoms with Crippen molar-refractivity contribution in [2.24, 2.45) is 0 Å². The maximum Gasteiger partial charge on any atom is 0.558 e. The minimum Gasteiger partial charge on any atom is -0.358 e. The summed E-state index contributed by atoms with van der Waals surface area (Å²) < 4.78 is 8.59. The molecule has 150 valence electrons. The summed E-state index contributed by atoms with van der Waals surface area (Å²) in [6, 6.07) is 0. The molecule has 0 aromatic carbocycles. The van der Waals surface area contributed by atoms with Crippen LogP contribution in [0, 0.1) is 0 Å². The molecule has 0 bridgehead atoms. The number of hydrogen-bond donors (Lipinski definition) is 0. The topological polar surface area (TPSA) is 105 Å². The van der Waals surface area contributed by atoms with E-state index in [0.717, 1.165) is 51.4 Å². The quantitative estimate of drug-likeness (QED) is 0.155.